The van der Waals surface area contributed by atoms with Gasteiger partial charge in [-0.2, -0.15) is 0 Å². The van der Waals surface area contributed by atoms with E-state index in [1.165, 1.54) is 0 Å². The summed E-state index contributed by atoms with van der Waals surface area (Å²) >= 11 is 0. The number of hydrogen-bond acceptors (Lipinski definition) is 5. The van der Waals surface area contributed by atoms with Crippen LogP contribution in [0.3, 0.4) is 0 Å². The summed E-state index contributed by atoms with van der Waals surface area (Å²) in [4.78, 5) is 6.59. The van der Waals surface area contributed by atoms with Crippen LogP contribution in [0.1, 0.15) is 11.6 Å². The number of para-hydroxylation sites is 1. The molecule has 27 heavy (non-hydrogen) atoms. The van der Waals surface area contributed by atoms with E-state index in [1.54, 1.807) is 21.3 Å². The van der Waals surface area contributed by atoms with Gasteiger partial charge in [-0.25, -0.2) is 0 Å². The van der Waals surface area contributed by atoms with Gasteiger partial charge in [-0.3, -0.25) is 4.99 Å². The molecule has 0 heterocycles. The summed E-state index contributed by atoms with van der Waals surface area (Å²) in [5, 5.41) is 3.08. The maximum Gasteiger partial charge on any atom is 0.193 e. The summed E-state index contributed by atoms with van der Waals surface area (Å²) in [7, 11) is 8.87. The Morgan fingerprint density at radius 1 is 1.00 bits per heavy atom. The maximum absolute atomic E-state index is 6.08. The summed E-state index contributed by atoms with van der Waals surface area (Å²) in [6, 6.07) is 13.4. The molecule has 2 aromatic carbocycles. The third-order valence-corrected chi connectivity index (χ3v) is 4.21. The van der Waals surface area contributed by atoms with E-state index in [-0.39, 0.29) is 6.04 Å². The van der Waals surface area contributed by atoms with E-state index >= 15 is 0 Å². The lowest BCUT2D eigenvalue weighted by Gasteiger charge is -2.25. The molecule has 0 saturated carbocycles. The van der Waals surface area contributed by atoms with Crippen molar-refractivity contribution in [1.29, 1.82) is 0 Å². The summed E-state index contributed by atoms with van der Waals surface area (Å²) in [5.41, 5.74) is 7.92. The number of methoxy groups -OCH3 is 3. The molecule has 0 aromatic heterocycles. The lowest BCUT2D eigenvalue weighted by molar-refractivity contribution is 0.295. The molecule has 0 saturated heterocycles. The first-order valence-corrected chi connectivity index (χ1v) is 8.58. The van der Waals surface area contributed by atoms with Gasteiger partial charge >= 0.3 is 0 Å². The summed E-state index contributed by atoms with van der Waals surface area (Å²) in [6.45, 7) is 0.486. The molecule has 7 nitrogen and oxygen atoms in total. The predicted octanol–water partition coefficient (Wildman–Crippen LogP) is 2.74. The molecule has 2 rings (SSSR count). The third-order valence-electron chi connectivity index (χ3n) is 4.21. The lowest BCUT2D eigenvalue weighted by atomic mass is 10.0. The number of nitrogens with two attached hydrogens (primary N) is 1. The van der Waals surface area contributed by atoms with Gasteiger partial charge in [-0.1, -0.05) is 18.2 Å². The minimum absolute atomic E-state index is 0.0342. The van der Waals surface area contributed by atoms with Crippen LogP contribution in [0.2, 0.25) is 0 Å². The van der Waals surface area contributed by atoms with E-state index < -0.39 is 0 Å². The first-order chi connectivity index (χ1) is 13.0. The Labute approximate surface area is 160 Å². The van der Waals surface area contributed by atoms with E-state index in [0.717, 1.165) is 17.0 Å². The molecule has 0 aliphatic rings. The first-order valence-electron chi connectivity index (χ1n) is 8.58. The number of ether oxygens (including phenoxy) is 3. The molecule has 0 bridgehead atoms. The Morgan fingerprint density at radius 2 is 1.67 bits per heavy atom. The first kappa shape index (κ1) is 20.4. The molecule has 2 aromatic rings. The second-order valence-corrected chi connectivity index (χ2v) is 6.14. The van der Waals surface area contributed by atoms with Gasteiger partial charge < -0.3 is 30.2 Å². The van der Waals surface area contributed by atoms with Crippen LogP contribution in [-0.2, 0) is 0 Å². The van der Waals surface area contributed by atoms with Crippen molar-refractivity contribution in [2.24, 2.45) is 10.7 Å². The van der Waals surface area contributed by atoms with Crippen molar-refractivity contribution >= 4 is 11.6 Å². The third kappa shape index (κ3) is 5.27. The Kier molecular flexibility index (Phi) is 7.31. The largest absolute Gasteiger partial charge is 0.496 e. The quantitative estimate of drug-likeness (QED) is 0.548. The molecule has 146 valence electrons. The maximum atomic E-state index is 6.08. The number of benzene rings is 2. The van der Waals surface area contributed by atoms with Gasteiger partial charge in [-0.05, 0) is 32.3 Å². The number of likely N-dealkylation sites (N-methyl/N-ethyl adjacent to an activating group) is 1. The molecule has 0 radical (unpaired) electrons. The Bertz CT molecular complexity index is 778. The van der Waals surface area contributed by atoms with Crippen LogP contribution in [0.25, 0.3) is 0 Å². The zero-order valence-electron chi connectivity index (χ0n) is 16.5. The minimum Gasteiger partial charge on any atom is -0.496 e. The van der Waals surface area contributed by atoms with Crippen LogP contribution < -0.4 is 25.3 Å². The number of aliphatic imine (C=N–C) groups is 1. The Hall–Kier alpha value is -2.93. The Morgan fingerprint density at radius 3 is 2.30 bits per heavy atom. The topological polar surface area (TPSA) is 81.3 Å². The molecule has 0 aliphatic heterocycles. The van der Waals surface area contributed by atoms with Gasteiger partial charge in [0.15, 0.2) is 17.5 Å². The summed E-state index contributed by atoms with van der Waals surface area (Å²) < 4.78 is 16.0. The molecule has 1 atom stereocenters. The highest BCUT2D eigenvalue weighted by atomic mass is 16.5. The monoisotopic (exact) mass is 372 g/mol. The van der Waals surface area contributed by atoms with Crippen molar-refractivity contribution in [3.8, 4) is 17.2 Å². The number of guanidine groups is 1. The van der Waals surface area contributed by atoms with Crippen LogP contribution in [0, 0.1) is 0 Å². The van der Waals surface area contributed by atoms with Crippen molar-refractivity contribution in [1.82, 2.24) is 4.90 Å². The van der Waals surface area contributed by atoms with Crippen LogP contribution in [0.5, 0.6) is 17.2 Å². The minimum atomic E-state index is 0.0342. The van der Waals surface area contributed by atoms with Gasteiger partial charge in [0.1, 0.15) is 5.75 Å². The fourth-order valence-electron chi connectivity index (χ4n) is 2.77. The van der Waals surface area contributed by atoms with Crippen molar-refractivity contribution < 1.29 is 14.2 Å². The van der Waals surface area contributed by atoms with Crippen molar-refractivity contribution in [2.75, 3.05) is 47.3 Å². The second-order valence-electron chi connectivity index (χ2n) is 6.14. The molecule has 3 N–H and O–H groups in total. The normalized spacial score (nSPS) is 12.6. The molecular weight excluding hydrogens is 344 g/mol. The standard InChI is InChI=1S/C20H28N4O3/c1-24(2)16(15-8-6-7-9-17(15)25-3)13-22-20(21)23-14-10-11-18(26-4)19(12-14)27-5/h6-12,16H,13H2,1-5H3,(H3,21,22,23). The fourth-order valence-corrected chi connectivity index (χ4v) is 2.77. The summed E-state index contributed by atoms with van der Waals surface area (Å²) in [5.74, 6) is 2.43. The molecular formula is C20H28N4O3. The average Bonchev–Trinajstić information content (AvgIpc) is 2.68. The summed E-state index contributed by atoms with van der Waals surface area (Å²) in [6.07, 6.45) is 0. The molecule has 0 spiro atoms. The van der Waals surface area contributed by atoms with Gasteiger partial charge in [0.05, 0.1) is 33.9 Å². The van der Waals surface area contributed by atoms with E-state index in [0.29, 0.717) is 24.0 Å². The molecule has 0 aliphatic carbocycles. The molecule has 0 amide bonds. The molecule has 7 heteroatoms. The number of nitrogens with zero attached hydrogens (tertiary/aromatic N) is 2. The highest BCUT2D eigenvalue weighted by Crippen LogP contribution is 2.30. The number of nitrogens with one attached hydrogen (secondary N) is 1. The van der Waals surface area contributed by atoms with E-state index in [1.807, 2.05) is 56.6 Å². The van der Waals surface area contributed by atoms with Gasteiger partial charge in [-0.15, -0.1) is 0 Å². The molecule has 0 fully saturated rings. The number of rotatable bonds is 8. The van der Waals surface area contributed by atoms with E-state index in [9.17, 15) is 0 Å². The average molecular weight is 372 g/mol. The van der Waals surface area contributed by atoms with Gasteiger partial charge in [0, 0.05) is 17.3 Å². The highest BCUT2D eigenvalue weighted by molar-refractivity contribution is 5.92. The Balaban J connectivity index is 2.14. The van der Waals surface area contributed by atoms with E-state index in [4.69, 9.17) is 19.9 Å². The predicted molar refractivity (Wildman–Crippen MR) is 109 cm³/mol. The SMILES string of the molecule is COc1ccc(NC(N)=NCC(c2ccccc2OC)N(C)C)cc1OC. The molecule has 1 unspecified atom stereocenters. The highest BCUT2D eigenvalue weighted by Gasteiger charge is 2.18. The smallest absolute Gasteiger partial charge is 0.193 e. The number of anilines is 1. The number of hydrogen-bond donors (Lipinski definition) is 2. The van der Waals surface area contributed by atoms with Crippen molar-refractivity contribution in [3.63, 3.8) is 0 Å². The van der Waals surface area contributed by atoms with E-state index in [2.05, 4.69) is 15.2 Å². The zero-order chi connectivity index (χ0) is 19.8. The van der Waals surface area contributed by atoms with Gasteiger partial charge in [0.2, 0.25) is 0 Å². The lowest BCUT2D eigenvalue weighted by Crippen LogP contribution is -2.27. The van der Waals surface area contributed by atoms with Crippen LogP contribution >= 0.6 is 0 Å². The van der Waals surface area contributed by atoms with Crippen LogP contribution in [0.4, 0.5) is 5.69 Å². The van der Waals surface area contributed by atoms with Gasteiger partial charge in [0.25, 0.3) is 0 Å². The van der Waals surface area contributed by atoms with Crippen LogP contribution in [-0.4, -0.2) is 52.8 Å². The second kappa shape index (κ2) is 9.68. The zero-order valence-corrected chi connectivity index (χ0v) is 16.5. The van der Waals surface area contributed by atoms with Crippen molar-refractivity contribution in [3.05, 3.63) is 48.0 Å². The van der Waals surface area contributed by atoms with Crippen LogP contribution in [0.15, 0.2) is 47.5 Å². The fraction of sp³-hybridized carbons (Fsp3) is 0.350. The van der Waals surface area contributed by atoms with Crippen molar-refractivity contribution in [2.45, 2.75) is 6.04 Å².